The zero-order valence-corrected chi connectivity index (χ0v) is 11.1. The van der Waals surface area contributed by atoms with Gasteiger partial charge in [0.15, 0.2) is 0 Å². The van der Waals surface area contributed by atoms with Crippen molar-refractivity contribution in [3.63, 3.8) is 0 Å². The van der Waals surface area contributed by atoms with Gasteiger partial charge in [-0.3, -0.25) is 4.79 Å². The van der Waals surface area contributed by atoms with Crippen molar-refractivity contribution in [1.82, 2.24) is 5.32 Å². The van der Waals surface area contributed by atoms with Gasteiger partial charge in [0.05, 0.1) is 6.04 Å². The molecule has 1 aliphatic rings. The summed E-state index contributed by atoms with van der Waals surface area (Å²) >= 11 is 0. The summed E-state index contributed by atoms with van der Waals surface area (Å²) in [6, 6.07) is 7.73. The lowest BCUT2D eigenvalue weighted by Gasteiger charge is -2.14. The van der Waals surface area contributed by atoms with Crippen LogP contribution in [0.4, 0.5) is 0 Å². The maximum atomic E-state index is 11.8. The van der Waals surface area contributed by atoms with Crippen LogP contribution in [-0.2, 0) is 4.79 Å². The van der Waals surface area contributed by atoms with Crippen molar-refractivity contribution < 1.29 is 9.90 Å². The fraction of sp³-hybridized carbons (Fsp3) is 0.438. The molecule has 0 saturated heterocycles. The lowest BCUT2D eigenvalue weighted by atomic mass is 10.0. The fourth-order valence-corrected chi connectivity index (χ4v) is 2.00. The van der Waals surface area contributed by atoms with E-state index in [4.69, 9.17) is 5.11 Å². The van der Waals surface area contributed by atoms with Gasteiger partial charge >= 0.3 is 0 Å². The molecule has 1 aromatic carbocycles. The molecule has 1 saturated carbocycles. The molecule has 2 N–H and O–H groups in total. The van der Waals surface area contributed by atoms with Crippen molar-refractivity contribution >= 4 is 5.91 Å². The Hall–Kier alpha value is -1.79. The van der Waals surface area contributed by atoms with Crippen LogP contribution in [-0.4, -0.2) is 17.6 Å². The molecule has 1 atom stereocenters. The molecule has 0 radical (unpaired) electrons. The highest BCUT2D eigenvalue weighted by atomic mass is 16.2. The SMILES string of the molecule is CC(NC(=O)CC1CC1)c1cccc(C#CCO)c1. The van der Waals surface area contributed by atoms with E-state index >= 15 is 0 Å². The highest BCUT2D eigenvalue weighted by Crippen LogP contribution is 2.32. The Morgan fingerprint density at radius 1 is 1.53 bits per heavy atom. The van der Waals surface area contributed by atoms with Crippen LogP contribution in [0.3, 0.4) is 0 Å². The van der Waals surface area contributed by atoms with E-state index in [0.29, 0.717) is 12.3 Å². The summed E-state index contributed by atoms with van der Waals surface area (Å²) < 4.78 is 0. The number of nitrogens with one attached hydrogen (secondary N) is 1. The van der Waals surface area contributed by atoms with E-state index in [9.17, 15) is 4.79 Å². The summed E-state index contributed by atoms with van der Waals surface area (Å²) in [5.74, 6) is 6.23. The molecule has 0 heterocycles. The maximum Gasteiger partial charge on any atom is 0.220 e. The van der Waals surface area contributed by atoms with Crippen molar-refractivity contribution in [2.75, 3.05) is 6.61 Å². The quantitative estimate of drug-likeness (QED) is 0.811. The Bertz CT molecular complexity index is 509. The first kappa shape index (κ1) is 13.6. The molecule has 1 unspecified atom stereocenters. The molecule has 0 bridgehead atoms. The number of amides is 1. The van der Waals surface area contributed by atoms with E-state index in [1.807, 2.05) is 31.2 Å². The third-order valence-electron chi connectivity index (χ3n) is 3.25. The Balaban J connectivity index is 1.97. The molecule has 100 valence electrons. The summed E-state index contributed by atoms with van der Waals surface area (Å²) in [5.41, 5.74) is 1.89. The van der Waals surface area contributed by atoms with Crippen molar-refractivity contribution in [1.29, 1.82) is 0 Å². The average molecular weight is 257 g/mol. The topological polar surface area (TPSA) is 49.3 Å². The number of hydrogen-bond donors (Lipinski definition) is 2. The molecule has 3 nitrogen and oxygen atoms in total. The standard InChI is InChI=1S/C16H19NO2/c1-12(17-16(19)11-14-7-8-14)15-6-2-4-13(10-15)5-3-9-18/h2,4,6,10,12,14,18H,7-9,11H2,1H3,(H,17,19). The molecule has 1 amide bonds. The summed E-state index contributed by atoms with van der Waals surface area (Å²) in [6.07, 6.45) is 3.02. The minimum Gasteiger partial charge on any atom is -0.384 e. The van der Waals surface area contributed by atoms with Crippen molar-refractivity contribution in [2.24, 2.45) is 5.92 Å². The molecule has 19 heavy (non-hydrogen) atoms. The number of aliphatic hydroxyl groups is 1. The first-order chi connectivity index (χ1) is 9.19. The Morgan fingerprint density at radius 2 is 2.32 bits per heavy atom. The van der Waals surface area contributed by atoms with E-state index in [0.717, 1.165) is 11.1 Å². The van der Waals surface area contributed by atoms with E-state index < -0.39 is 0 Å². The summed E-state index contributed by atoms with van der Waals surface area (Å²) in [4.78, 5) is 11.8. The normalized spacial score (nSPS) is 15.3. The molecule has 0 aromatic heterocycles. The van der Waals surface area contributed by atoms with Gasteiger partial charge in [0.1, 0.15) is 6.61 Å². The van der Waals surface area contributed by atoms with Crippen LogP contribution in [0.15, 0.2) is 24.3 Å². The average Bonchev–Trinajstić information content (AvgIpc) is 3.20. The van der Waals surface area contributed by atoms with Gasteiger partial charge in [-0.1, -0.05) is 24.0 Å². The molecule has 0 spiro atoms. The number of benzene rings is 1. The molecule has 1 aliphatic carbocycles. The second kappa shape index (κ2) is 6.40. The van der Waals surface area contributed by atoms with Gasteiger partial charge in [-0.2, -0.15) is 0 Å². The molecule has 0 aliphatic heterocycles. The zero-order chi connectivity index (χ0) is 13.7. The second-order valence-corrected chi connectivity index (χ2v) is 5.02. The third-order valence-corrected chi connectivity index (χ3v) is 3.25. The van der Waals surface area contributed by atoms with E-state index in [1.54, 1.807) is 0 Å². The molecule has 1 fully saturated rings. The largest absolute Gasteiger partial charge is 0.384 e. The van der Waals surface area contributed by atoms with Crippen LogP contribution in [0, 0.1) is 17.8 Å². The number of rotatable bonds is 4. The smallest absolute Gasteiger partial charge is 0.220 e. The van der Waals surface area contributed by atoms with Crippen molar-refractivity contribution in [3.05, 3.63) is 35.4 Å². The predicted molar refractivity (Wildman–Crippen MR) is 74.3 cm³/mol. The lowest BCUT2D eigenvalue weighted by molar-refractivity contribution is -0.122. The Kier molecular flexibility index (Phi) is 4.59. The van der Waals surface area contributed by atoms with E-state index in [-0.39, 0.29) is 18.6 Å². The van der Waals surface area contributed by atoms with Gasteiger partial charge < -0.3 is 10.4 Å². The third kappa shape index (κ3) is 4.42. The van der Waals surface area contributed by atoms with E-state index in [2.05, 4.69) is 17.2 Å². The maximum absolute atomic E-state index is 11.8. The second-order valence-electron chi connectivity index (χ2n) is 5.02. The van der Waals surface area contributed by atoms with Crippen LogP contribution >= 0.6 is 0 Å². The predicted octanol–water partition coefficient (Wildman–Crippen LogP) is 2.01. The molecular formula is C16H19NO2. The molecule has 3 heteroatoms. The van der Waals surface area contributed by atoms with Crippen LogP contribution in [0.1, 0.15) is 43.4 Å². The summed E-state index contributed by atoms with van der Waals surface area (Å²) in [5, 5.41) is 11.7. The zero-order valence-electron chi connectivity index (χ0n) is 11.1. The van der Waals surface area contributed by atoms with Gasteiger partial charge in [-0.25, -0.2) is 0 Å². The summed E-state index contributed by atoms with van der Waals surface area (Å²) in [6.45, 7) is 1.83. The van der Waals surface area contributed by atoms with Gasteiger partial charge in [0.25, 0.3) is 0 Å². The van der Waals surface area contributed by atoms with Crippen LogP contribution in [0.5, 0.6) is 0 Å². The van der Waals surface area contributed by atoms with Crippen LogP contribution < -0.4 is 5.32 Å². The number of hydrogen-bond acceptors (Lipinski definition) is 2. The fourth-order valence-electron chi connectivity index (χ4n) is 2.00. The minimum absolute atomic E-state index is 0.0119. The lowest BCUT2D eigenvalue weighted by Crippen LogP contribution is -2.26. The highest BCUT2D eigenvalue weighted by Gasteiger charge is 2.24. The minimum atomic E-state index is -0.141. The van der Waals surface area contributed by atoms with Crippen LogP contribution in [0.25, 0.3) is 0 Å². The Labute approximate surface area is 114 Å². The number of carbonyl (C=O) groups excluding carboxylic acids is 1. The first-order valence-electron chi connectivity index (χ1n) is 6.68. The van der Waals surface area contributed by atoms with E-state index in [1.165, 1.54) is 12.8 Å². The monoisotopic (exact) mass is 257 g/mol. The van der Waals surface area contributed by atoms with Crippen LogP contribution in [0.2, 0.25) is 0 Å². The highest BCUT2D eigenvalue weighted by molar-refractivity contribution is 5.77. The molecular weight excluding hydrogens is 238 g/mol. The van der Waals surface area contributed by atoms with Gasteiger partial charge in [0.2, 0.25) is 5.91 Å². The van der Waals surface area contributed by atoms with Crippen molar-refractivity contribution in [3.8, 4) is 11.8 Å². The van der Waals surface area contributed by atoms with Gasteiger partial charge in [0, 0.05) is 12.0 Å². The van der Waals surface area contributed by atoms with Gasteiger partial charge in [-0.15, -0.1) is 0 Å². The first-order valence-corrected chi connectivity index (χ1v) is 6.68. The van der Waals surface area contributed by atoms with Gasteiger partial charge in [-0.05, 0) is 43.4 Å². The number of aliphatic hydroxyl groups excluding tert-OH is 1. The van der Waals surface area contributed by atoms with Crippen molar-refractivity contribution in [2.45, 2.75) is 32.2 Å². The summed E-state index contributed by atoms with van der Waals surface area (Å²) in [7, 11) is 0. The number of carbonyl (C=O) groups is 1. The Morgan fingerprint density at radius 3 is 3.00 bits per heavy atom. The molecule has 2 rings (SSSR count). The molecule has 1 aromatic rings.